The minimum atomic E-state index is -0.0111. The van der Waals surface area contributed by atoms with Gasteiger partial charge in [0.2, 0.25) is 5.88 Å². The summed E-state index contributed by atoms with van der Waals surface area (Å²) >= 11 is 0. The van der Waals surface area contributed by atoms with Gasteiger partial charge in [-0.1, -0.05) is 31.2 Å². The Morgan fingerprint density at radius 2 is 2.00 bits per heavy atom. The summed E-state index contributed by atoms with van der Waals surface area (Å²) in [6, 6.07) is 11.0. The third-order valence-corrected chi connectivity index (χ3v) is 6.09. The van der Waals surface area contributed by atoms with E-state index in [0.717, 1.165) is 17.7 Å². The van der Waals surface area contributed by atoms with Crippen LogP contribution in [0.1, 0.15) is 37.4 Å². The van der Waals surface area contributed by atoms with Crippen LogP contribution in [0.5, 0.6) is 23.1 Å². The van der Waals surface area contributed by atoms with Crippen molar-refractivity contribution in [3.8, 4) is 23.1 Å². The normalized spacial score (nSPS) is 15.3. The Balaban J connectivity index is 1.27. The summed E-state index contributed by atoms with van der Waals surface area (Å²) in [7, 11) is 1.59. The predicted octanol–water partition coefficient (Wildman–Crippen LogP) is 4.13. The van der Waals surface area contributed by atoms with Gasteiger partial charge in [0, 0.05) is 25.1 Å². The number of aromatic nitrogens is 5. The first-order valence-corrected chi connectivity index (χ1v) is 12.2. The second kappa shape index (κ2) is 10.9. The fourth-order valence-corrected chi connectivity index (χ4v) is 4.07. The Hall–Kier alpha value is -4.05. The molecule has 10 nitrogen and oxygen atoms in total. The Morgan fingerprint density at radius 1 is 1.16 bits per heavy atom. The molecule has 37 heavy (non-hydrogen) atoms. The highest BCUT2D eigenvalue weighted by molar-refractivity contribution is 5.87. The molecule has 1 aliphatic rings. The summed E-state index contributed by atoms with van der Waals surface area (Å²) < 4.78 is 24.7. The molecule has 192 valence electrons. The molecule has 0 bridgehead atoms. The van der Waals surface area contributed by atoms with Gasteiger partial charge in [-0.25, -0.2) is 14.6 Å². The highest BCUT2D eigenvalue weighted by atomic mass is 16.6. The zero-order chi connectivity index (χ0) is 25.8. The van der Waals surface area contributed by atoms with Crippen LogP contribution in [0.4, 0.5) is 0 Å². The summed E-state index contributed by atoms with van der Waals surface area (Å²) in [6.07, 6.45) is 4.39. The van der Waals surface area contributed by atoms with E-state index in [1.54, 1.807) is 11.8 Å². The lowest BCUT2D eigenvalue weighted by Crippen LogP contribution is -2.16. The number of nitrogens with zero attached hydrogens (tertiary/aromatic N) is 5. The molecule has 0 N–H and O–H groups in total. The molecule has 0 aliphatic carbocycles. The van der Waals surface area contributed by atoms with Crippen molar-refractivity contribution in [1.82, 2.24) is 25.0 Å². The van der Waals surface area contributed by atoms with Crippen LogP contribution < -0.4 is 14.2 Å². The number of rotatable bonds is 10. The molecule has 0 saturated carbocycles. The van der Waals surface area contributed by atoms with Crippen molar-refractivity contribution in [1.29, 1.82) is 0 Å². The van der Waals surface area contributed by atoms with E-state index < -0.39 is 0 Å². The highest BCUT2D eigenvalue weighted by Gasteiger charge is 2.21. The number of hydrogen-bond acceptors (Lipinski definition) is 9. The third-order valence-electron chi connectivity index (χ3n) is 6.09. The number of fused-ring (bicyclic) bond motifs is 1. The van der Waals surface area contributed by atoms with Crippen molar-refractivity contribution in [2.75, 3.05) is 20.3 Å². The van der Waals surface area contributed by atoms with Gasteiger partial charge in [-0.05, 0) is 29.7 Å². The number of Topliss-reactive ketones (excluding diaryl/α,β-unsaturated/α-hetero) is 1. The molecule has 0 radical (unpaired) electrons. The fourth-order valence-electron chi connectivity index (χ4n) is 4.07. The molecular formula is C27H29N5O5. The van der Waals surface area contributed by atoms with Gasteiger partial charge in [-0.15, -0.1) is 5.10 Å². The average molecular weight is 504 g/mol. The largest absolute Gasteiger partial charge is 0.493 e. The summed E-state index contributed by atoms with van der Waals surface area (Å²) in [5, 5.41) is 8.84. The Labute approximate surface area is 214 Å². The van der Waals surface area contributed by atoms with Crippen LogP contribution >= 0.6 is 0 Å². The van der Waals surface area contributed by atoms with Crippen molar-refractivity contribution in [2.24, 2.45) is 0 Å². The second-order valence-electron chi connectivity index (χ2n) is 9.26. The van der Waals surface area contributed by atoms with Crippen molar-refractivity contribution in [3.63, 3.8) is 0 Å². The van der Waals surface area contributed by atoms with Crippen molar-refractivity contribution >= 4 is 16.7 Å². The average Bonchev–Trinajstić information content (AvgIpc) is 3.57. The van der Waals surface area contributed by atoms with E-state index in [-0.39, 0.29) is 24.3 Å². The van der Waals surface area contributed by atoms with E-state index in [2.05, 4.69) is 20.3 Å². The Bertz CT molecular complexity index is 1380. The monoisotopic (exact) mass is 503 g/mol. The number of hydrogen-bond donors (Lipinski definition) is 0. The zero-order valence-corrected chi connectivity index (χ0v) is 21.1. The first-order valence-electron chi connectivity index (χ1n) is 12.2. The third kappa shape index (κ3) is 5.86. The van der Waals surface area contributed by atoms with Crippen LogP contribution in [0.3, 0.4) is 0 Å². The van der Waals surface area contributed by atoms with Crippen LogP contribution in [-0.4, -0.2) is 57.2 Å². The van der Waals surface area contributed by atoms with E-state index in [0.29, 0.717) is 53.7 Å². The number of ether oxygens (including phenoxy) is 4. The smallest absolute Gasteiger partial charge is 0.230 e. The molecule has 1 aliphatic heterocycles. The molecule has 10 heteroatoms. The van der Waals surface area contributed by atoms with Gasteiger partial charge in [0.25, 0.3) is 0 Å². The summed E-state index contributed by atoms with van der Waals surface area (Å²) in [4.78, 5) is 21.2. The van der Waals surface area contributed by atoms with Crippen LogP contribution in [0, 0.1) is 0 Å². The molecule has 0 amide bonds. The van der Waals surface area contributed by atoms with E-state index in [1.165, 1.54) is 6.33 Å². The Kier molecular flexibility index (Phi) is 7.27. The number of ketones is 1. The molecular weight excluding hydrogens is 474 g/mol. The number of carbonyl (C=O) groups is 1. The molecule has 5 rings (SSSR count). The topological polar surface area (TPSA) is 110 Å². The highest BCUT2D eigenvalue weighted by Crippen LogP contribution is 2.37. The van der Waals surface area contributed by atoms with Crippen molar-refractivity contribution < 1.29 is 23.7 Å². The van der Waals surface area contributed by atoms with Crippen LogP contribution in [-0.2, 0) is 22.5 Å². The molecule has 2 aromatic carbocycles. The molecule has 3 heterocycles. The van der Waals surface area contributed by atoms with E-state index in [9.17, 15) is 4.79 Å². The first-order chi connectivity index (χ1) is 18.0. The van der Waals surface area contributed by atoms with Crippen LogP contribution in [0.15, 0.2) is 48.9 Å². The lowest BCUT2D eigenvalue weighted by molar-refractivity contribution is -0.119. The maximum atomic E-state index is 12.5. The van der Waals surface area contributed by atoms with Gasteiger partial charge in [0.15, 0.2) is 17.3 Å². The molecule has 1 atom stereocenters. The maximum Gasteiger partial charge on any atom is 0.230 e. The Morgan fingerprint density at radius 3 is 2.70 bits per heavy atom. The van der Waals surface area contributed by atoms with Crippen LogP contribution in [0.25, 0.3) is 10.9 Å². The molecule has 0 spiro atoms. The first kappa shape index (κ1) is 24.6. The quantitative estimate of drug-likeness (QED) is 0.315. The van der Waals surface area contributed by atoms with Crippen LogP contribution in [0.2, 0.25) is 0 Å². The van der Waals surface area contributed by atoms with E-state index in [4.69, 9.17) is 18.9 Å². The van der Waals surface area contributed by atoms with Gasteiger partial charge >= 0.3 is 0 Å². The molecule has 4 aromatic rings. The van der Waals surface area contributed by atoms with E-state index >= 15 is 0 Å². The lowest BCUT2D eigenvalue weighted by Gasteiger charge is -2.16. The molecule has 1 saturated heterocycles. The zero-order valence-electron chi connectivity index (χ0n) is 21.1. The lowest BCUT2D eigenvalue weighted by atomic mass is 10.1. The van der Waals surface area contributed by atoms with Gasteiger partial charge < -0.3 is 18.9 Å². The van der Waals surface area contributed by atoms with Crippen molar-refractivity contribution in [2.45, 2.75) is 45.3 Å². The standard InChI is InChI=1S/C27H29N5O5/c1-17(2)24-14-32(31-30-24)13-19(33)10-18-4-6-20(7-5-18)37-27-22-11-25(34-3)26(12-23(22)28-16-29-27)36-21-8-9-35-15-21/h4-7,11-12,14,16-17,21H,8-10,13,15H2,1-3H3/t21-/m0/s1. The minimum absolute atomic E-state index is 0.0111. The van der Waals surface area contributed by atoms with Crippen molar-refractivity contribution in [3.05, 3.63) is 60.2 Å². The molecule has 1 fully saturated rings. The molecule has 2 aromatic heterocycles. The predicted molar refractivity (Wildman–Crippen MR) is 135 cm³/mol. The summed E-state index contributed by atoms with van der Waals surface area (Å²) in [6.45, 7) is 5.51. The fraction of sp³-hybridized carbons (Fsp3) is 0.370. The van der Waals surface area contributed by atoms with E-state index in [1.807, 2.05) is 56.4 Å². The SMILES string of the molecule is COc1cc2c(Oc3ccc(CC(=O)Cn4cc(C(C)C)nn4)cc3)ncnc2cc1O[C@H]1CCOC1. The van der Waals surface area contributed by atoms with Gasteiger partial charge in [-0.2, -0.15) is 0 Å². The summed E-state index contributed by atoms with van der Waals surface area (Å²) in [5.74, 6) is 2.49. The van der Waals surface area contributed by atoms with Gasteiger partial charge in [0.1, 0.15) is 24.7 Å². The maximum absolute atomic E-state index is 12.5. The number of benzene rings is 2. The second-order valence-corrected chi connectivity index (χ2v) is 9.26. The summed E-state index contributed by atoms with van der Waals surface area (Å²) in [5.41, 5.74) is 2.43. The number of carbonyl (C=O) groups excluding carboxylic acids is 1. The minimum Gasteiger partial charge on any atom is -0.493 e. The number of methoxy groups -OCH3 is 1. The van der Waals surface area contributed by atoms with Gasteiger partial charge in [-0.3, -0.25) is 4.79 Å². The molecule has 0 unspecified atom stereocenters. The van der Waals surface area contributed by atoms with Gasteiger partial charge in [0.05, 0.1) is 36.9 Å².